The summed E-state index contributed by atoms with van der Waals surface area (Å²) in [5.74, 6) is 2.07. The molecular formula is C21H23N3O3. The van der Waals surface area contributed by atoms with Crippen LogP contribution in [0.2, 0.25) is 0 Å². The maximum atomic E-state index is 12.9. The Kier molecular flexibility index (Phi) is 4.71. The van der Waals surface area contributed by atoms with E-state index in [0.717, 1.165) is 23.3 Å². The quantitative estimate of drug-likeness (QED) is 0.736. The molecule has 1 aromatic heterocycles. The fourth-order valence-electron chi connectivity index (χ4n) is 3.20. The zero-order valence-electron chi connectivity index (χ0n) is 15.5. The number of nitrogens with one attached hydrogen (secondary N) is 2. The molecule has 2 heterocycles. The molecule has 2 N–H and O–H groups in total. The average Bonchev–Trinajstić information content (AvgIpc) is 2.95. The smallest absolute Gasteiger partial charge is 0.252 e. The molecule has 1 unspecified atom stereocenters. The Morgan fingerprint density at radius 3 is 2.67 bits per heavy atom. The van der Waals surface area contributed by atoms with Crippen molar-refractivity contribution >= 4 is 16.9 Å². The first kappa shape index (κ1) is 17.4. The Morgan fingerprint density at radius 1 is 1.11 bits per heavy atom. The molecule has 6 nitrogen and oxygen atoms in total. The van der Waals surface area contributed by atoms with Gasteiger partial charge in [0.2, 0.25) is 0 Å². The molecule has 1 amide bonds. The number of aromatic nitrogens is 2. The maximum Gasteiger partial charge on any atom is 0.252 e. The van der Waals surface area contributed by atoms with Gasteiger partial charge in [0.15, 0.2) is 11.5 Å². The molecule has 6 heteroatoms. The predicted molar refractivity (Wildman–Crippen MR) is 103 cm³/mol. The number of H-pyrrole nitrogens is 1. The van der Waals surface area contributed by atoms with Crippen molar-refractivity contribution in [3.63, 3.8) is 0 Å². The van der Waals surface area contributed by atoms with E-state index in [4.69, 9.17) is 9.47 Å². The van der Waals surface area contributed by atoms with Crippen LogP contribution in [-0.4, -0.2) is 29.1 Å². The molecule has 27 heavy (non-hydrogen) atoms. The first-order valence-electron chi connectivity index (χ1n) is 9.27. The maximum absolute atomic E-state index is 12.9. The topological polar surface area (TPSA) is 76.2 Å². The summed E-state index contributed by atoms with van der Waals surface area (Å²) in [5.41, 5.74) is 2.40. The molecule has 0 fully saturated rings. The molecule has 0 spiro atoms. The lowest BCUT2D eigenvalue weighted by molar-refractivity contribution is 0.0923. The van der Waals surface area contributed by atoms with Crippen LogP contribution >= 0.6 is 0 Å². The summed E-state index contributed by atoms with van der Waals surface area (Å²) in [6, 6.07) is 12.9. The molecule has 1 atom stereocenters. The molecule has 1 aliphatic rings. The van der Waals surface area contributed by atoms with Gasteiger partial charge in [0.05, 0.1) is 30.3 Å². The number of para-hydroxylation sites is 2. The van der Waals surface area contributed by atoms with Crippen molar-refractivity contribution in [2.24, 2.45) is 5.92 Å². The van der Waals surface area contributed by atoms with Gasteiger partial charge in [-0.3, -0.25) is 4.79 Å². The van der Waals surface area contributed by atoms with E-state index in [-0.39, 0.29) is 17.9 Å². The zero-order chi connectivity index (χ0) is 18.8. The van der Waals surface area contributed by atoms with E-state index in [1.54, 1.807) is 18.2 Å². The highest BCUT2D eigenvalue weighted by molar-refractivity contribution is 5.95. The third-order valence-corrected chi connectivity index (χ3v) is 4.67. The Bertz CT molecular complexity index is 931. The SMILES string of the molecule is CC(C)C(NC(=O)c1ccc2c(c1)OCCCO2)c1nc2ccccc2[nH]1. The van der Waals surface area contributed by atoms with Crippen molar-refractivity contribution in [1.82, 2.24) is 15.3 Å². The highest BCUT2D eigenvalue weighted by Gasteiger charge is 2.23. The van der Waals surface area contributed by atoms with Crippen molar-refractivity contribution < 1.29 is 14.3 Å². The van der Waals surface area contributed by atoms with Crippen molar-refractivity contribution in [3.8, 4) is 11.5 Å². The van der Waals surface area contributed by atoms with Crippen LogP contribution in [0.4, 0.5) is 0 Å². The second-order valence-corrected chi connectivity index (χ2v) is 7.05. The fourth-order valence-corrected chi connectivity index (χ4v) is 3.20. The summed E-state index contributed by atoms with van der Waals surface area (Å²) in [4.78, 5) is 20.8. The van der Waals surface area contributed by atoms with E-state index < -0.39 is 0 Å². The largest absolute Gasteiger partial charge is 0.490 e. The van der Waals surface area contributed by atoms with Crippen LogP contribution in [0.15, 0.2) is 42.5 Å². The number of rotatable bonds is 4. The lowest BCUT2D eigenvalue weighted by Crippen LogP contribution is -2.32. The molecule has 0 bridgehead atoms. The van der Waals surface area contributed by atoms with Gasteiger partial charge < -0.3 is 19.8 Å². The normalized spacial score (nSPS) is 14.8. The molecule has 0 saturated carbocycles. The lowest BCUT2D eigenvalue weighted by atomic mass is 10.0. The van der Waals surface area contributed by atoms with Crippen LogP contribution in [0.25, 0.3) is 11.0 Å². The number of nitrogens with zero attached hydrogens (tertiary/aromatic N) is 1. The van der Waals surface area contributed by atoms with Crippen LogP contribution in [0, 0.1) is 5.92 Å². The second kappa shape index (κ2) is 7.31. The Hall–Kier alpha value is -3.02. The second-order valence-electron chi connectivity index (χ2n) is 7.05. The highest BCUT2D eigenvalue weighted by Crippen LogP contribution is 2.31. The van der Waals surface area contributed by atoms with Crippen molar-refractivity contribution in [2.75, 3.05) is 13.2 Å². The summed E-state index contributed by atoms with van der Waals surface area (Å²) in [7, 11) is 0. The number of benzene rings is 2. The van der Waals surface area contributed by atoms with Gasteiger partial charge in [-0.2, -0.15) is 0 Å². The number of hydrogen-bond acceptors (Lipinski definition) is 4. The minimum atomic E-state index is -0.221. The number of hydrogen-bond donors (Lipinski definition) is 2. The molecule has 1 aliphatic heterocycles. The van der Waals surface area contributed by atoms with Gasteiger partial charge in [-0.15, -0.1) is 0 Å². The third-order valence-electron chi connectivity index (χ3n) is 4.67. The minimum absolute atomic E-state index is 0.162. The lowest BCUT2D eigenvalue weighted by Gasteiger charge is -2.20. The summed E-state index contributed by atoms with van der Waals surface area (Å²) in [6.07, 6.45) is 0.831. The van der Waals surface area contributed by atoms with E-state index in [9.17, 15) is 4.79 Å². The standard InChI is InChI=1S/C21H23N3O3/c1-13(2)19(20-22-15-6-3-4-7-16(15)23-20)24-21(25)14-8-9-17-18(12-14)27-11-5-10-26-17/h3-4,6-9,12-13,19H,5,10-11H2,1-2H3,(H,22,23)(H,24,25). The van der Waals surface area contributed by atoms with Gasteiger partial charge in [0.25, 0.3) is 5.91 Å². The zero-order valence-corrected chi connectivity index (χ0v) is 15.5. The van der Waals surface area contributed by atoms with E-state index in [2.05, 4.69) is 29.1 Å². The van der Waals surface area contributed by atoms with Gasteiger partial charge in [-0.1, -0.05) is 26.0 Å². The first-order chi connectivity index (χ1) is 13.1. The summed E-state index contributed by atoms with van der Waals surface area (Å²) in [6.45, 7) is 5.34. The highest BCUT2D eigenvalue weighted by atomic mass is 16.5. The number of fused-ring (bicyclic) bond motifs is 2. The number of imidazole rings is 1. The van der Waals surface area contributed by atoms with Gasteiger partial charge >= 0.3 is 0 Å². The van der Waals surface area contributed by atoms with Crippen LogP contribution in [0.3, 0.4) is 0 Å². The monoisotopic (exact) mass is 365 g/mol. The summed E-state index contributed by atoms with van der Waals surface area (Å²) >= 11 is 0. The summed E-state index contributed by atoms with van der Waals surface area (Å²) in [5, 5.41) is 3.10. The van der Waals surface area contributed by atoms with Crippen LogP contribution in [-0.2, 0) is 0 Å². The number of carbonyl (C=O) groups is 1. The number of ether oxygens (including phenoxy) is 2. The molecule has 4 rings (SSSR count). The van der Waals surface area contributed by atoms with Crippen LogP contribution in [0.1, 0.15) is 42.5 Å². The van der Waals surface area contributed by atoms with Gasteiger partial charge in [0.1, 0.15) is 5.82 Å². The minimum Gasteiger partial charge on any atom is -0.490 e. The molecule has 0 radical (unpaired) electrons. The van der Waals surface area contributed by atoms with Crippen LogP contribution in [0.5, 0.6) is 11.5 Å². The van der Waals surface area contributed by atoms with Crippen LogP contribution < -0.4 is 14.8 Å². The molecule has 0 aliphatic carbocycles. The Labute approximate surface area is 157 Å². The van der Waals surface area contributed by atoms with Gasteiger partial charge in [-0.25, -0.2) is 4.98 Å². The predicted octanol–water partition coefficient (Wildman–Crippen LogP) is 3.85. The van der Waals surface area contributed by atoms with E-state index in [1.807, 2.05) is 24.3 Å². The van der Waals surface area contributed by atoms with Crippen molar-refractivity contribution in [2.45, 2.75) is 26.3 Å². The average molecular weight is 365 g/mol. The number of aromatic amines is 1. The molecule has 0 saturated heterocycles. The van der Waals surface area contributed by atoms with Gasteiger partial charge in [-0.05, 0) is 36.2 Å². The van der Waals surface area contributed by atoms with Crippen molar-refractivity contribution in [3.05, 3.63) is 53.9 Å². The van der Waals surface area contributed by atoms with E-state index in [1.165, 1.54) is 0 Å². The number of amides is 1. The third kappa shape index (κ3) is 3.60. The van der Waals surface area contributed by atoms with E-state index in [0.29, 0.717) is 30.3 Å². The molecular weight excluding hydrogens is 342 g/mol. The van der Waals surface area contributed by atoms with E-state index >= 15 is 0 Å². The molecule has 140 valence electrons. The first-order valence-corrected chi connectivity index (χ1v) is 9.27. The van der Waals surface area contributed by atoms with Gasteiger partial charge in [0, 0.05) is 12.0 Å². The Balaban J connectivity index is 1.58. The number of carbonyl (C=O) groups excluding carboxylic acids is 1. The van der Waals surface area contributed by atoms with Crippen molar-refractivity contribution in [1.29, 1.82) is 0 Å². The fraction of sp³-hybridized carbons (Fsp3) is 0.333. The molecule has 3 aromatic rings. The molecule has 2 aromatic carbocycles. The summed E-state index contributed by atoms with van der Waals surface area (Å²) < 4.78 is 11.3. The Morgan fingerprint density at radius 2 is 1.89 bits per heavy atom.